The molecule has 0 saturated carbocycles. The van der Waals surface area contributed by atoms with Crippen molar-refractivity contribution in [3.8, 4) is 0 Å². The third kappa shape index (κ3) is 4.21. The molecule has 2 heterocycles. The van der Waals surface area contributed by atoms with Crippen molar-refractivity contribution in [2.75, 3.05) is 13.7 Å². The fraction of sp³-hybridized carbons (Fsp3) is 0.294. The molecule has 1 unspecified atom stereocenters. The molecule has 0 radical (unpaired) electrons. The zero-order valence-corrected chi connectivity index (χ0v) is 12.1. The molecule has 0 aliphatic rings. The van der Waals surface area contributed by atoms with Crippen molar-refractivity contribution < 1.29 is 15.1 Å². The Kier molecular flexibility index (Phi) is 5.60. The summed E-state index contributed by atoms with van der Waals surface area (Å²) in [5.74, 6) is 0. The van der Waals surface area contributed by atoms with E-state index >= 15 is 0 Å². The molecular formula is C17H21NO3. The van der Waals surface area contributed by atoms with Gasteiger partial charge in [0.2, 0.25) is 0 Å². The summed E-state index contributed by atoms with van der Waals surface area (Å²) >= 11 is 0. The number of aliphatic hydroxyl groups excluding tert-OH is 2. The summed E-state index contributed by atoms with van der Waals surface area (Å²) in [7, 11) is 1.67. The van der Waals surface area contributed by atoms with Crippen LogP contribution in [0, 0.1) is 0 Å². The number of rotatable bonds is 5. The van der Waals surface area contributed by atoms with E-state index in [4.69, 9.17) is 15.1 Å². The van der Waals surface area contributed by atoms with Crippen molar-refractivity contribution in [3.63, 3.8) is 0 Å². The van der Waals surface area contributed by atoms with E-state index in [0.29, 0.717) is 6.42 Å². The number of benzene rings is 2. The normalized spacial score (nSPS) is 12.0. The summed E-state index contributed by atoms with van der Waals surface area (Å²) in [6.07, 6.45) is 0.869. The van der Waals surface area contributed by atoms with E-state index in [2.05, 4.69) is 0 Å². The van der Waals surface area contributed by atoms with Gasteiger partial charge in [0.05, 0.1) is 23.7 Å². The monoisotopic (exact) mass is 287 g/mol. The van der Waals surface area contributed by atoms with Gasteiger partial charge in [0.1, 0.15) is 7.11 Å². The lowest BCUT2D eigenvalue weighted by atomic mass is 10.1. The summed E-state index contributed by atoms with van der Waals surface area (Å²) in [5, 5.41) is 17.6. The molecule has 3 rings (SSSR count). The molecule has 4 nitrogen and oxygen atoms in total. The summed E-state index contributed by atoms with van der Waals surface area (Å²) in [6.45, 7) is -0.146. The Balaban J connectivity index is 0.000000159. The predicted molar refractivity (Wildman–Crippen MR) is 83.5 cm³/mol. The van der Waals surface area contributed by atoms with Crippen LogP contribution in [-0.4, -0.2) is 34.8 Å². The molecule has 112 valence electrons. The van der Waals surface area contributed by atoms with Crippen LogP contribution in [0.25, 0.3) is 11.0 Å². The van der Waals surface area contributed by atoms with Crippen molar-refractivity contribution >= 4 is 11.0 Å². The van der Waals surface area contributed by atoms with E-state index in [9.17, 15) is 0 Å². The molecule has 1 aromatic carbocycles. The molecule has 0 aliphatic carbocycles. The van der Waals surface area contributed by atoms with Crippen molar-refractivity contribution in [2.24, 2.45) is 0 Å². The largest absolute Gasteiger partial charge is 0.417 e. The molecule has 0 saturated heterocycles. The van der Waals surface area contributed by atoms with Gasteiger partial charge in [-0.05, 0) is 42.7 Å². The highest BCUT2D eigenvalue weighted by Crippen LogP contribution is 2.13. The summed E-state index contributed by atoms with van der Waals surface area (Å²) < 4.78 is 1.79. The molecule has 2 bridgehead atoms. The van der Waals surface area contributed by atoms with E-state index in [0.717, 1.165) is 17.5 Å². The first-order chi connectivity index (χ1) is 10.2. The average molecular weight is 287 g/mol. The Morgan fingerprint density at radius 1 is 1.00 bits per heavy atom. The Labute approximate surface area is 124 Å². The van der Waals surface area contributed by atoms with Crippen LogP contribution in [-0.2, 0) is 6.42 Å². The molecule has 21 heavy (non-hydrogen) atoms. The van der Waals surface area contributed by atoms with Gasteiger partial charge >= 0.3 is 0 Å². The van der Waals surface area contributed by atoms with Gasteiger partial charge in [0.25, 0.3) is 0 Å². The van der Waals surface area contributed by atoms with Gasteiger partial charge in [-0.3, -0.25) is 0 Å². The van der Waals surface area contributed by atoms with E-state index in [1.54, 1.807) is 11.8 Å². The number of fused-ring (bicyclic) bond motifs is 2. The molecule has 1 atom stereocenters. The van der Waals surface area contributed by atoms with E-state index < -0.39 is 6.10 Å². The quantitative estimate of drug-likeness (QED) is 0.755. The number of nitrogens with zero attached hydrogens (tertiary/aromatic N) is 1. The molecule has 0 aliphatic heterocycles. The second kappa shape index (κ2) is 7.67. The van der Waals surface area contributed by atoms with Crippen LogP contribution in [0.3, 0.4) is 0 Å². The van der Waals surface area contributed by atoms with Gasteiger partial charge in [-0.15, -0.1) is 0 Å². The molecule has 3 aromatic rings. The minimum atomic E-state index is -0.579. The van der Waals surface area contributed by atoms with Gasteiger partial charge < -0.3 is 15.1 Å². The highest BCUT2D eigenvalue weighted by molar-refractivity contribution is 5.66. The van der Waals surface area contributed by atoms with Crippen molar-refractivity contribution in [2.45, 2.75) is 18.9 Å². The van der Waals surface area contributed by atoms with E-state index in [-0.39, 0.29) is 6.61 Å². The number of aryl methyl sites for hydroxylation is 1. The third-order valence-corrected chi connectivity index (χ3v) is 3.32. The molecule has 2 N–H and O–H groups in total. The number of hydrogen-bond acceptors (Lipinski definition) is 3. The lowest BCUT2D eigenvalue weighted by Gasteiger charge is -2.05. The van der Waals surface area contributed by atoms with Crippen molar-refractivity contribution in [1.82, 2.24) is 4.73 Å². The van der Waals surface area contributed by atoms with Gasteiger partial charge in [-0.1, -0.05) is 30.3 Å². The van der Waals surface area contributed by atoms with Gasteiger partial charge in [0, 0.05) is 0 Å². The van der Waals surface area contributed by atoms with Crippen molar-refractivity contribution in [1.29, 1.82) is 0 Å². The van der Waals surface area contributed by atoms with Crippen LogP contribution in [0.5, 0.6) is 0 Å². The zero-order chi connectivity index (χ0) is 15.1. The van der Waals surface area contributed by atoms with Crippen LogP contribution in [0.15, 0.2) is 54.6 Å². The van der Waals surface area contributed by atoms with Crippen LogP contribution in [0.4, 0.5) is 0 Å². The number of hydrogen-bond donors (Lipinski definition) is 2. The fourth-order valence-electron chi connectivity index (χ4n) is 2.15. The van der Waals surface area contributed by atoms with Gasteiger partial charge in [0.15, 0.2) is 0 Å². The summed E-state index contributed by atoms with van der Waals surface area (Å²) in [5.41, 5.74) is 3.44. The first-order valence-corrected chi connectivity index (χ1v) is 7.01. The van der Waals surface area contributed by atoms with Crippen LogP contribution < -0.4 is 4.84 Å². The maximum absolute atomic E-state index is 9.07. The molecule has 0 amide bonds. The van der Waals surface area contributed by atoms with Gasteiger partial charge in [-0.25, -0.2) is 0 Å². The smallest absolute Gasteiger partial charge is 0.104 e. The number of aliphatic hydroxyl groups is 2. The van der Waals surface area contributed by atoms with Crippen LogP contribution in [0.2, 0.25) is 0 Å². The topological polar surface area (TPSA) is 54.6 Å². The average Bonchev–Trinajstić information content (AvgIpc) is 3.13. The van der Waals surface area contributed by atoms with Crippen LogP contribution in [0.1, 0.15) is 12.0 Å². The van der Waals surface area contributed by atoms with Crippen LogP contribution >= 0.6 is 0 Å². The zero-order valence-electron chi connectivity index (χ0n) is 12.1. The summed E-state index contributed by atoms with van der Waals surface area (Å²) in [6, 6.07) is 18.1. The molecule has 4 heteroatoms. The molecular weight excluding hydrogens is 266 g/mol. The maximum atomic E-state index is 9.07. The predicted octanol–water partition coefficient (Wildman–Crippen LogP) is 2.11. The first-order valence-electron chi connectivity index (χ1n) is 7.01. The Morgan fingerprint density at radius 2 is 1.57 bits per heavy atom. The standard InChI is InChI=1S/C10H14O2.C7H7NO/c11-8-10(12)7-6-9-4-2-1-3-5-9;1-9-8-6-2-3-7(8)5-4-6/h1-5,10-12H,6-8H2;2-5H,1H3. The molecule has 2 aromatic heterocycles. The number of aromatic nitrogens is 1. The first kappa shape index (κ1) is 15.4. The molecule has 0 spiro atoms. The highest BCUT2D eigenvalue weighted by atomic mass is 16.6. The maximum Gasteiger partial charge on any atom is 0.104 e. The Bertz CT molecular complexity index is 573. The van der Waals surface area contributed by atoms with Crippen molar-refractivity contribution in [3.05, 3.63) is 60.2 Å². The van der Waals surface area contributed by atoms with Gasteiger partial charge in [-0.2, -0.15) is 4.73 Å². The summed E-state index contributed by atoms with van der Waals surface area (Å²) in [4.78, 5) is 5.03. The molecule has 0 fully saturated rings. The Morgan fingerprint density at radius 3 is 2.00 bits per heavy atom. The lowest BCUT2D eigenvalue weighted by molar-refractivity contribution is 0.0886. The fourth-order valence-corrected chi connectivity index (χ4v) is 2.15. The second-order valence-corrected chi connectivity index (χ2v) is 4.85. The Hall–Kier alpha value is -2.04. The second-order valence-electron chi connectivity index (χ2n) is 4.85. The van der Waals surface area contributed by atoms with E-state index in [1.807, 2.05) is 54.6 Å². The highest BCUT2D eigenvalue weighted by Gasteiger charge is 2.01. The third-order valence-electron chi connectivity index (χ3n) is 3.32. The minimum Gasteiger partial charge on any atom is -0.417 e. The lowest BCUT2D eigenvalue weighted by Crippen LogP contribution is -2.12. The minimum absolute atomic E-state index is 0.146. The SMILES string of the molecule is COn1c2ccc1cc2.OCC(O)CCc1ccccc1. The van der Waals surface area contributed by atoms with E-state index in [1.165, 1.54) is 5.56 Å².